The molecule has 0 aliphatic rings. The highest BCUT2D eigenvalue weighted by Gasteiger charge is 2.06. The molecule has 1 aromatic heterocycles. The van der Waals surface area contributed by atoms with Crippen molar-refractivity contribution in [3.8, 4) is 5.75 Å². The molecule has 0 bridgehead atoms. The molecular weight excluding hydrogens is 338 g/mol. The molecule has 0 fully saturated rings. The van der Waals surface area contributed by atoms with Crippen LogP contribution in [-0.4, -0.2) is 24.2 Å². The first-order chi connectivity index (χ1) is 12.1. The van der Waals surface area contributed by atoms with Gasteiger partial charge in [-0.05, 0) is 48.9 Å². The Labute approximate surface area is 151 Å². The lowest BCUT2D eigenvalue weighted by atomic mass is 10.2. The summed E-state index contributed by atoms with van der Waals surface area (Å²) in [5.74, 6) is 0.744. The number of aromatic nitrogens is 1. The lowest BCUT2D eigenvalue weighted by molar-refractivity contribution is 0.247. The van der Waals surface area contributed by atoms with Gasteiger partial charge < -0.3 is 15.4 Å². The fraction of sp³-hybridized carbons (Fsp3) is 0.158. The van der Waals surface area contributed by atoms with E-state index in [0.717, 1.165) is 22.2 Å². The topological polar surface area (TPSA) is 63.2 Å². The van der Waals surface area contributed by atoms with Crippen LogP contribution in [0, 0.1) is 6.92 Å². The summed E-state index contributed by atoms with van der Waals surface area (Å²) in [6.07, 6.45) is 1.76. The summed E-state index contributed by atoms with van der Waals surface area (Å²) in [6, 6.07) is 14.7. The molecule has 3 aromatic rings. The van der Waals surface area contributed by atoms with Crippen LogP contribution in [0.3, 0.4) is 0 Å². The number of hydrogen-bond donors (Lipinski definition) is 2. The highest BCUT2D eigenvalue weighted by atomic mass is 35.5. The van der Waals surface area contributed by atoms with Crippen molar-refractivity contribution >= 4 is 34.2 Å². The van der Waals surface area contributed by atoms with Crippen molar-refractivity contribution in [3.63, 3.8) is 0 Å². The van der Waals surface area contributed by atoms with Gasteiger partial charge in [-0.1, -0.05) is 23.7 Å². The van der Waals surface area contributed by atoms with E-state index in [1.54, 1.807) is 24.4 Å². The van der Waals surface area contributed by atoms with Gasteiger partial charge in [0.05, 0.1) is 12.1 Å². The molecule has 2 N–H and O–H groups in total. The van der Waals surface area contributed by atoms with E-state index < -0.39 is 0 Å². The summed E-state index contributed by atoms with van der Waals surface area (Å²) in [4.78, 5) is 16.2. The number of amides is 2. The summed E-state index contributed by atoms with van der Waals surface area (Å²) in [5.41, 5.74) is 2.44. The average molecular weight is 356 g/mol. The van der Waals surface area contributed by atoms with Crippen molar-refractivity contribution < 1.29 is 9.53 Å². The van der Waals surface area contributed by atoms with E-state index >= 15 is 0 Å². The van der Waals surface area contributed by atoms with Crippen molar-refractivity contribution in [2.24, 2.45) is 0 Å². The van der Waals surface area contributed by atoms with E-state index in [4.69, 9.17) is 16.3 Å². The van der Waals surface area contributed by atoms with E-state index in [-0.39, 0.29) is 6.03 Å². The van der Waals surface area contributed by atoms with E-state index in [2.05, 4.69) is 15.6 Å². The number of benzene rings is 2. The normalized spacial score (nSPS) is 10.5. The number of pyridine rings is 1. The van der Waals surface area contributed by atoms with Gasteiger partial charge >= 0.3 is 6.03 Å². The zero-order valence-corrected chi connectivity index (χ0v) is 14.5. The van der Waals surface area contributed by atoms with Gasteiger partial charge in [0.1, 0.15) is 12.4 Å². The van der Waals surface area contributed by atoms with Crippen molar-refractivity contribution in [2.45, 2.75) is 6.92 Å². The molecule has 0 saturated carbocycles. The van der Waals surface area contributed by atoms with Crippen LogP contribution in [0.4, 0.5) is 10.5 Å². The van der Waals surface area contributed by atoms with Gasteiger partial charge in [0, 0.05) is 22.3 Å². The highest BCUT2D eigenvalue weighted by Crippen LogP contribution is 2.22. The third kappa shape index (κ3) is 4.39. The number of nitrogens with zero attached hydrogens (tertiary/aromatic N) is 1. The highest BCUT2D eigenvalue weighted by molar-refractivity contribution is 6.31. The third-order valence-electron chi connectivity index (χ3n) is 3.75. The molecule has 3 rings (SSSR count). The number of urea groups is 1. The van der Waals surface area contributed by atoms with Crippen molar-refractivity contribution in [3.05, 3.63) is 65.3 Å². The third-order valence-corrected chi connectivity index (χ3v) is 4.16. The Hall–Kier alpha value is -2.79. The molecular formula is C19H18ClN3O2. The van der Waals surface area contributed by atoms with Crippen molar-refractivity contribution in [1.82, 2.24) is 10.3 Å². The molecule has 2 aromatic carbocycles. The van der Waals surface area contributed by atoms with E-state index in [0.29, 0.717) is 23.9 Å². The SMILES string of the molecule is Cc1c(Cl)cccc1NC(=O)NCCOc1ccc2ncccc2c1. The summed E-state index contributed by atoms with van der Waals surface area (Å²) < 4.78 is 5.67. The number of carbonyl (C=O) groups excluding carboxylic acids is 1. The maximum absolute atomic E-state index is 11.9. The van der Waals surface area contributed by atoms with Gasteiger partial charge in [0.25, 0.3) is 0 Å². The summed E-state index contributed by atoms with van der Waals surface area (Å²) in [7, 11) is 0. The number of carbonyl (C=O) groups is 1. The van der Waals surface area contributed by atoms with Gasteiger partial charge in [-0.15, -0.1) is 0 Å². The van der Waals surface area contributed by atoms with Crippen LogP contribution in [0.15, 0.2) is 54.7 Å². The predicted octanol–water partition coefficient (Wildman–Crippen LogP) is 4.40. The van der Waals surface area contributed by atoms with E-state index in [9.17, 15) is 4.79 Å². The first-order valence-corrected chi connectivity index (χ1v) is 8.29. The van der Waals surface area contributed by atoms with Gasteiger partial charge in [-0.25, -0.2) is 4.79 Å². The number of halogens is 1. The minimum absolute atomic E-state index is 0.295. The Morgan fingerprint density at radius 2 is 2.08 bits per heavy atom. The Balaban J connectivity index is 1.47. The van der Waals surface area contributed by atoms with Crippen LogP contribution in [0.5, 0.6) is 5.75 Å². The molecule has 0 spiro atoms. The predicted molar refractivity (Wildman–Crippen MR) is 100 cm³/mol. The summed E-state index contributed by atoms with van der Waals surface area (Å²) >= 11 is 6.04. The smallest absolute Gasteiger partial charge is 0.319 e. The molecule has 6 heteroatoms. The molecule has 0 aliphatic heterocycles. The maximum Gasteiger partial charge on any atom is 0.319 e. The van der Waals surface area contributed by atoms with Crippen LogP contribution in [0.25, 0.3) is 10.9 Å². The first-order valence-electron chi connectivity index (χ1n) is 7.91. The van der Waals surface area contributed by atoms with Gasteiger partial charge in [-0.2, -0.15) is 0 Å². The van der Waals surface area contributed by atoms with Crippen LogP contribution < -0.4 is 15.4 Å². The quantitative estimate of drug-likeness (QED) is 0.667. The number of anilines is 1. The molecule has 1 heterocycles. The minimum atomic E-state index is -0.295. The average Bonchev–Trinajstić information content (AvgIpc) is 2.62. The number of rotatable bonds is 5. The largest absolute Gasteiger partial charge is 0.492 e. The molecule has 0 radical (unpaired) electrons. The summed E-state index contributed by atoms with van der Waals surface area (Å²) in [5, 5.41) is 7.16. The van der Waals surface area contributed by atoms with Crippen molar-refractivity contribution in [1.29, 1.82) is 0 Å². The Morgan fingerprint density at radius 3 is 2.96 bits per heavy atom. The van der Waals surface area contributed by atoms with Gasteiger partial charge in [0.15, 0.2) is 0 Å². The first kappa shape index (κ1) is 17.0. The van der Waals surface area contributed by atoms with E-state index in [1.807, 2.05) is 37.3 Å². The second-order valence-electron chi connectivity index (χ2n) is 5.50. The Morgan fingerprint density at radius 1 is 1.20 bits per heavy atom. The van der Waals surface area contributed by atoms with Gasteiger partial charge in [0.2, 0.25) is 0 Å². The zero-order chi connectivity index (χ0) is 17.6. The van der Waals surface area contributed by atoms with Gasteiger partial charge in [-0.3, -0.25) is 4.98 Å². The van der Waals surface area contributed by atoms with Crippen LogP contribution in [0.2, 0.25) is 5.02 Å². The number of hydrogen-bond acceptors (Lipinski definition) is 3. The Kier molecular flexibility index (Phi) is 5.36. The molecule has 2 amide bonds. The summed E-state index contributed by atoms with van der Waals surface area (Å²) in [6.45, 7) is 2.61. The van der Waals surface area contributed by atoms with Crippen LogP contribution in [-0.2, 0) is 0 Å². The Bertz CT molecular complexity index is 899. The lowest BCUT2D eigenvalue weighted by Crippen LogP contribution is -2.32. The molecule has 0 atom stereocenters. The maximum atomic E-state index is 11.9. The van der Waals surface area contributed by atoms with Crippen molar-refractivity contribution in [2.75, 3.05) is 18.5 Å². The van der Waals surface area contributed by atoms with Crippen LogP contribution >= 0.6 is 11.6 Å². The van der Waals surface area contributed by atoms with E-state index in [1.165, 1.54) is 0 Å². The number of ether oxygens (including phenoxy) is 1. The molecule has 0 saturated heterocycles. The molecule has 128 valence electrons. The minimum Gasteiger partial charge on any atom is -0.492 e. The number of fused-ring (bicyclic) bond motifs is 1. The lowest BCUT2D eigenvalue weighted by Gasteiger charge is -2.11. The molecule has 0 unspecified atom stereocenters. The second kappa shape index (κ2) is 7.85. The monoisotopic (exact) mass is 355 g/mol. The fourth-order valence-electron chi connectivity index (χ4n) is 2.39. The molecule has 0 aliphatic carbocycles. The fourth-order valence-corrected chi connectivity index (χ4v) is 2.56. The molecule has 5 nitrogen and oxygen atoms in total. The van der Waals surface area contributed by atoms with Crippen LogP contribution in [0.1, 0.15) is 5.56 Å². The zero-order valence-electron chi connectivity index (χ0n) is 13.8. The second-order valence-corrected chi connectivity index (χ2v) is 5.91. The standard InChI is InChI=1S/C19H18ClN3O2/c1-13-16(20)5-2-6-17(13)23-19(24)22-10-11-25-15-7-8-18-14(12-15)4-3-9-21-18/h2-9,12H,10-11H2,1H3,(H2,22,23,24). The molecule has 25 heavy (non-hydrogen) atoms. The number of nitrogens with one attached hydrogen (secondary N) is 2.